The highest BCUT2D eigenvalue weighted by molar-refractivity contribution is 6.05. The van der Waals surface area contributed by atoms with E-state index in [9.17, 15) is 24.0 Å². The summed E-state index contributed by atoms with van der Waals surface area (Å²) in [6, 6.07) is 6.53. The third-order valence-electron chi connectivity index (χ3n) is 4.97. The first-order valence-corrected chi connectivity index (χ1v) is 9.68. The van der Waals surface area contributed by atoms with Crippen LogP contribution in [0.4, 0.5) is 11.4 Å². The number of nitrogens with zero attached hydrogens (tertiary/aromatic N) is 1. The highest BCUT2D eigenvalue weighted by Crippen LogP contribution is 2.35. The SMILES string of the molecule is CC(=O)Nc1cccc(NC(=O)COC(=O)CCN2C(=O)[C@H]3CC=CC[C@@H]3C2=O)c1. The van der Waals surface area contributed by atoms with Crippen molar-refractivity contribution in [2.24, 2.45) is 11.8 Å². The Labute approximate surface area is 173 Å². The minimum absolute atomic E-state index is 0.0517. The Hall–Kier alpha value is -3.49. The molecule has 0 saturated carbocycles. The molecule has 158 valence electrons. The van der Waals surface area contributed by atoms with Crippen molar-refractivity contribution < 1.29 is 28.7 Å². The van der Waals surface area contributed by atoms with Gasteiger partial charge in [0.1, 0.15) is 0 Å². The van der Waals surface area contributed by atoms with Gasteiger partial charge in [-0.25, -0.2) is 0 Å². The predicted octanol–water partition coefficient (Wildman–Crippen LogP) is 1.47. The molecular formula is C21H23N3O6. The lowest BCUT2D eigenvalue weighted by Crippen LogP contribution is -2.33. The molecule has 1 aliphatic heterocycles. The highest BCUT2D eigenvalue weighted by atomic mass is 16.5. The fourth-order valence-electron chi connectivity index (χ4n) is 3.59. The van der Waals surface area contributed by atoms with Gasteiger partial charge in [0.25, 0.3) is 5.91 Å². The average Bonchev–Trinajstić information content (AvgIpc) is 2.95. The van der Waals surface area contributed by atoms with Gasteiger partial charge in [-0.2, -0.15) is 0 Å². The summed E-state index contributed by atoms with van der Waals surface area (Å²) in [5.41, 5.74) is 0.958. The van der Waals surface area contributed by atoms with E-state index < -0.39 is 18.5 Å². The number of ether oxygens (including phenoxy) is 1. The number of amides is 4. The average molecular weight is 413 g/mol. The Morgan fingerprint density at radius 3 is 2.23 bits per heavy atom. The quantitative estimate of drug-likeness (QED) is 0.397. The van der Waals surface area contributed by atoms with Crippen LogP contribution in [0.1, 0.15) is 26.2 Å². The van der Waals surface area contributed by atoms with E-state index in [1.165, 1.54) is 6.92 Å². The molecule has 1 aliphatic carbocycles. The van der Waals surface area contributed by atoms with Gasteiger partial charge in [0.05, 0.1) is 18.3 Å². The van der Waals surface area contributed by atoms with E-state index in [0.717, 1.165) is 4.90 Å². The monoisotopic (exact) mass is 413 g/mol. The summed E-state index contributed by atoms with van der Waals surface area (Å²) in [5, 5.41) is 5.16. The number of likely N-dealkylation sites (tertiary alicyclic amines) is 1. The van der Waals surface area contributed by atoms with Crippen molar-refractivity contribution in [1.29, 1.82) is 0 Å². The van der Waals surface area contributed by atoms with Crippen LogP contribution in [-0.4, -0.2) is 47.6 Å². The van der Waals surface area contributed by atoms with Gasteiger partial charge in [-0.15, -0.1) is 0 Å². The van der Waals surface area contributed by atoms with Crippen LogP contribution < -0.4 is 10.6 Å². The molecule has 2 N–H and O–H groups in total. The number of carbonyl (C=O) groups excluding carboxylic acids is 5. The summed E-state index contributed by atoms with van der Waals surface area (Å²) in [5.74, 6) is -2.63. The smallest absolute Gasteiger partial charge is 0.308 e. The maximum Gasteiger partial charge on any atom is 0.308 e. The third-order valence-corrected chi connectivity index (χ3v) is 4.97. The van der Waals surface area contributed by atoms with Crippen molar-refractivity contribution in [2.75, 3.05) is 23.8 Å². The first-order valence-electron chi connectivity index (χ1n) is 9.68. The molecule has 30 heavy (non-hydrogen) atoms. The fraction of sp³-hybridized carbons (Fsp3) is 0.381. The minimum Gasteiger partial charge on any atom is -0.456 e. The second-order valence-corrected chi connectivity index (χ2v) is 7.20. The summed E-state index contributed by atoms with van der Waals surface area (Å²) in [4.78, 5) is 60.9. The van der Waals surface area contributed by atoms with Gasteiger partial charge < -0.3 is 15.4 Å². The van der Waals surface area contributed by atoms with Crippen molar-refractivity contribution >= 4 is 41.0 Å². The first-order chi connectivity index (χ1) is 14.3. The second kappa shape index (κ2) is 9.34. The Kier molecular flexibility index (Phi) is 6.61. The summed E-state index contributed by atoms with van der Waals surface area (Å²) in [6.45, 7) is 0.822. The molecule has 0 unspecified atom stereocenters. The van der Waals surface area contributed by atoms with E-state index in [-0.39, 0.29) is 42.5 Å². The van der Waals surface area contributed by atoms with Crippen molar-refractivity contribution in [3.05, 3.63) is 36.4 Å². The molecule has 1 aromatic rings. The van der Waals surface area contributed by atoms with Crippen LogP contribution in [0.25, 0.3) is 0 Å². The Bertz CT molecular complexity index is 884. The molecular weight excluding hydrogens is 390 g/mol. The standard InChI is InChI=1S/C21H23N3O6/c1-13(25)22-14-5-4-6-15(11-14)23-18(26)12-30-19(27)9-10-24-20(28)16-7-2-3-8-17(16)21(24)29/h2-6,11,16-17H,7-10,12H2,1H3,(H,22,25)(H,23,26)/t16-,17-/m0/s1. The predicted molar refractivity (Wildman–Crippen MR) is 107 cm³/mol. The number of rotatable bonds is 7. The Morgan fingerprint density at radius 1 is 1.03 bits per heavy atom. The van der Waals surface area contributed by atoms with Gasteiger partial charge in [0.2, 0.25) is 17.7 Å². The number of hydrogen-bond acceptors (Lipinski definition) is 6. The highest BCUT2D eigenvalue weighted by Gasteiger charge is 2.46. The van der Waals surface area contributed by atoms with E-state index in [1.54, 1.807) is 24.3 Å². The summed E-state index contributed by atoms with van der Waals surface area (Å²) < 4.78 is 4.94. The fourth-order valence-corrected chi connectivity index (χ4v) is 3.59. The van der Waals surface area contributed by atoms with Crippen molar-refractivity contribution in [3.8, 4) is 0 Å². The molecule has 9 heteroatoms. The van der Waals surface area contributed by atoms with Crippen LogP contribution in [0.3, 0.4) is 0 Å². The number of hydrogen-bond donors (Lipinski definition) is 2. The number of benzene rings is 1. The topological polar surface area (TPSA) is 122 Å². The van der Waals surface area contributed by atoms with E-state index in [4.69, 9.17) is 4.74 Å². The molecule has 1 fully saturated rings. The number of allylic oxidation sites excluding steroid dienone is 2. The molecule has 1 aromatic carbocycles. The van der Waals surface area contributed by atoms with Crippen LogP contribution in [0.5, 0.6) is 0 Å². The summed E-state index contributed by atoms with van der Waals surface area (Å²) in [6.07, 6.45) is 4.71. The van der Waals surface area contributed by atoms with E-state index in [1.807, 2.05) is 12.2 Å². The lowest BCUT2D eigenvalue weighted by molar-refractivity contribution is -0.148. The summed E-state index contributed by atoms with van der Waals surface area (Å²) >= 11 is 0. The van der Waals surface area contributed by atoms with Gasteiger partial charge in [-0.1, -0.05) is 18.2 Å². The number of anilines is 2. The van der Waals surface area contributed by atoms with Gasteiger partial charge in [-0.3, -0.25) is 28.9 Å². The molecule has 0 radical (unpaired) electrons. The number of nitrogens with one attached hydrogen (secondary N) is 2. The lowest BCUT2D eigenvalue weighted by atomic mass is 9.85. The van der Waals surface area contributed by atoms with Crippen molar-refractivity contribution in [3.63, 3.8) is 0 Å². The van der Waals surface area contributed by atoms with E-state index >= 15 is 0 Å². The zero-order valence-electron chi connectivity index (χ0n) is 16.6. The van der Waals surface area contributed by atoms with E-state index in [2.05, 4.69) is 10.6 Å². The molecule has 0 aromatic heterocycles. The van der Waals surface area contributed by atoms with E-state index in [0.29, 0.717) is 24.2 Å². The van der Waals surface area contributed by atoms with Crippen LogP contribution in [0.15, 0.2) is 36.4 Å². The Balaban J connectivity index is 1.43. The van der Waals surface area contributed by atoms with Gasteiger partial charge >= 0.3 is 5.97 Å². The third kappa shape index (κ3) is 5.11. The zero-order chi connectivity index (χ0) is 21.7. The lowest BCUT2D eigenvalue weighted by Gasteiger charge is -2.14. The molecule has 9 nitrogen and oxygen atoms in total. The van der Waals surface area contributed by atoms with Crippen LogP contribution >= 0.6 is 0 Å². The van der Waals surface area contributed by atoms with Gasteiger partial charge in [-0.05, 0) is 31.0 Å². The number of esters is 1. The second-order valence-electron chi connectivity index (χ2n) is 7.20. The van der Waals surface area contributed by atoms with Crippen LogP contribution in [0.2, 0.25) is 0 Å². The molecule has 2 atom stereocenters. The zero-order valence-corrected chi connectivity index (χ0v) is 16.6. The number of imide groups is 1. The maximum absolute atomic E-state index is 12.4. The summed E-state index contributed by atoms with van der Waals surface area (Å²) in [7, 11) is 0. The van der Waals surface area contributed by atoms with Gasteiger partial charge in [0, 0.05) is 24.8 Å². The minimum atomic E-state index is -0.675. The van der Waals surface area contributed by atoms with Gasteiger partial charge in [0.15, 0.2) is 6.61 Å². The molecule has 0 bridgehead atoms. The van der Waals surface area contributed by atoms with Crippen molar-refractivity contribution in [2.45, 2.75) is 26.2 Å². The van der Waals surface area contributed by atoms with Crippen LogP contribution in [0, 0.1) is 11.8 Å². The molecule has 2 aliphatic rings. The molecule has 1 heterocycles. The maximum atomic E-state index is 12.4. The number of fused-ring (bicyclic) bond motifs is 1. The number of carbonyl (C=O) groups is 5. The van der Waals surface area contributed by atoms with Crippen molar-refractivity contribution in [1.82, 2.24) is 4.90 Å². The molecule has 0 spiro atoms. The molecule has 4 amide bonds. The van der Waals surface area contributed by atoms with Crippen LogP contribution in [-0.2, 0) is 28.7 Å². The molecule has 1 saturated heterocycles. The first kappa shape index (κ1) is 21.2. The molecule has 3 rings (SSSR count). The largest absolute Gasteiger partial charge is 0.456 e. The Morgan fingerprint density at radius 2 is 1.63 bits per heavy atom. The normalized spacial score (nSPS) is 20.0.